The zero-order chi connectivity index (χ0) is 15.3. The first-order valence-corrected chi connectivity index (χ1v) is 5.78. The number of hydrogen-bond acceptors (Lipinski definition) is 3. The number of carbonyl (C=O) groups is 2. The van der Waals surface area contributed by atoms with E-state index in [0.29, 0.717) is 6.07 Å². The quantitative estimate of drug-likeness (QED) is 0.845. The largest absolute Gasteiger partial charge is 0.368 e. The minimum atomic E-state index is -1.09. The van der Waals surface area contributed by atoms with Crippen LogP contribution >= 0.6 is 0 Å². The standard InChI is InChI=1S/C13H13F2N3O2/c1-7(2-3-16)11(12(17)19)18-13(20)8-4-9(14)6-10(15)5-8/h4-7,11H,2H2,1H3,(H2,17,19)(H,18,20)/t7-,11+/m1/s1. The summed E-state index contributed by atoms with van der Waals surface area (Å²) in [5, 5.41) is 10.9. The third-order valence-corrected chi connectivity index (χ3v) is 2.70. The predicted molar refractivity (Wildman–Crippen MR) is 66.2 cm³/mol. The van der Waals surface area contributed by atoms with E-state index in [1.54, 1.807) is 6.92 Å². The van der Waals surface area contributed by atoms with Gasteiger partial charge in [0.1, 0.15) is 17.7 Å². The number of halogens is 2. The van der Waals surface area contributed by atoms with E-state index in [0.717, 1.165) is 12.1 Å². The zero-order valence-corrected chi connectivity index (χ0v) is 10.7. The molecular weight excluding hydrogens is 268 g/mol. The van der Waals surface area contributed by atoms with Crippen molar-refractivity contribution in [3.63, 3.8) is 0 Å². The highest BCUT2D eigenvalue weighted by Crippen LogP contribution is 2.11. The Morgan fingerprint density at radius 1 is 1.35 bits per heavy atom. The first-order valence-electron chi connectivity index (χ1n) is 5.78. The van der Waals surface area contributed by atoms with Crippen LogP contribution in [0.4, 0.5) is 8.78 Å². The fraction of sp³-hybridized carbons (Fsp3) is 0.308. The van der Waals surface area contributed by atoms with Crippen LogP contribution in [0, 0.1) is 28.9 Å². The molecule has 1 aromatic rings. The van der Waals surface area contributed by atoms with Crippen molar-refractivity contribution >= 4 is 11.8 Å². The molecule has 106 valence electrons. The fourth-order valence-electron chi connectivity index (χ4n) is 1.67. The fourth-order valence-corrected chi connectivity index (χ4v) is 1.67. The van der Waals surface area contributed by atoms with Gasteiger partial charge < -0.3 is 11.1 Å². The van der Waals surface area contributed by atoms with Crippen molar-refractivity contribution in [1.29, 1.82) is 5.26 Å². The van der Waals surface area contributed by atoms with Crippen LogP contribution in [-0.2, 0) is 4.79 Å². The number of nitriles is 1. The van der Waals surface area contributed by atoms with E-state index in [2.05, 4.69) is 5.32 Å². The Morgan fingerprint density at radius 2 is 1.90 bits per heavy atom. The molecule has 1 rings (SSSR count). The molecule has 0 heterocycles. The molecule has 7 heteroatoms. The van der Waals surface area contributed by atoms with Crippen molar-refractivity contribution < 1.29 is 18.4 Å². The molecule has 0 aliphatic rings. The van der Waals surface area contributed by atoms with Crippen molar-refractivity contribution in [3.8, 4) is 6.07 Å². The Bertz CT molecular complexity index is 549. The minimum Gasteiger partial charge on any atom is -0.368 e. The summed E-state index contributed by atoms with van der Waals surface area (Å²) >= 11 is 0. The molecule has 0 spiro atoms. The molecule has 0 bridgehead atoms. The number of nitrogens with one attached hydrogen (secondary N) is 1. The molecule has 0 aliphatic carbocycles. The number of amides is 2. The second kappa shape index (κ2) is 6.61. The van der Waals surface area contributed by atoms with Crippen LogP contribution in [0.5, 0.6) is 0 Å². The summed E-state index contributed by atoms with van der Waals surface area (Å²) < 4.78 is 26.0. The summed E-state index contributed by atoms with van der Waals surface area (Å²) in [6, 6.07) is 3.07. The highest BCUT2D eigenvalue weighted by atomic mass is 19.1. The highest BCUT2D eigenvalue weighted by Gasteiger charge is 2.25. The molecule has 0 saturated carbocycles. The SMILES string of the molecule is C[C@H](CC#N)[C@H](NC(=O)c1cc(F)cc(F)c1)C(N)=O. The lowest BCUT2D eigenvalue weighted by atomic mass is 9.98. The third-order valence-electron chi connectivity index (χ3n) is 2.70. The summed E-state index contributed by atoms with van der Waals surface area (Å²) in [4.78, 5) is 23.1. The number of nitrogens with two attached hydrogens (primary N) is 1. The molecular formula is C13H13F2N3O2. The lowest BCUT2D eigenvalue weighted by Crippen LogP contribution is -2.48. The third kappa shape index (κ3) is 4.02. The van der Waals surface area contributed by atoms with Gasteiger partial charge in [-0.1, -0.05) is 6.92 Å². The molecule has 5 nitrogen and oxygen atoms in total. The molecule has 0 fully saturated rings. The average molecular weight is 281 g/mol. The summed E-state index contributed by atoms with van der Waals surface area (Å²) in [7, 11) is 0. The molecule has 2 amide bonds. The van der Waals surface area contributed by atoms with Gasteiger partial charge in [-0.05, 0) is 18.1 Å². The van der Waals surface area contributed by atoms with Crippen LogP contribution in [0.1, 0.15) is 23.7 Å². The Labute approximate surface area is 114 Å². The maximum absolute atomic E-state index is 13.0. The van der Waals surface area contributed by atoms with Crippen molar-refractivity contribution in [2.75, 3.05) is 0 Å². The smallest absolute Gasteiger partial charge is 0.252 e. The second-order valence-electron chi connectivity index (χ2n) is 4.35. The minimum absolute atomic E-state index is 0.00536. The molecule has 0 unspecified atom stereocenters. The van der Waals surface area contributed by atoms with Crippen LogP contribution in [0.15, 0.2) is 18.2 Å². The van der Waals surface area contributed by atoms with E-state index in [4.69, 9.17) is 11.0 Å². The predicted octanol–water partition coefficient (Wildman–Crippen LogP) is 1.10. The van der Waals surface area contributed by atoms with Crippen LogP contribution in [-0.4, -0.2) is 17.9 Å². The first kappa shape index (κ1) is 15.6. The van der Waals surface area contributed by atoms with Gasteiger partial charge in [0, 0.05) is 18.1 Å². The molecule has 20 heavy (non-hydrogen) atoms. The molecule has 3 N–H and O–H groups in total. The van der Waals surface area contributed by atoms with Gasteiger partial charge in [0.15, 0.2) is 0 Å². The number of carbonyl (C=O) groups excluding carboxylic acids is 2. The van der Waals surface area contributed by atoms with Crippen LogP contribution in [0.25, 0.3) is 0 Å². The second-order valence-corrected chi connectivity index (χ2v) is 4.35. The topological polar surface area (TPSA) is 96.0 Å². The van der Waals surface area contributed by atoms with Gasteiger partial charge in [-0.15, -0.1) is 0 Å². The van der Waals surface area contributed by atoms with E-state index < -0.39 is 35.4 Å². The number of primary amides is 1. The Morgan fingerprint density at radius 3 is 2.35 bits per heavy atom. The van der Waals surface area contributed by atoms with Crippen molar-refractivity contribution in [1.82, 2.24) is 5.32 Å². The highest BCUT2D eigenvalue weighted by molar-refractivity contribution is 5.97. The summed E-state index contributed by atoms with van der Waals surface area (Å²) in [6.07, 6.45) is 0.00536. The lowest BCUT2D eigenvalue weighted by Gasteiger charge is -2.20. The number of hydrogen-bond donors (Lipinski definition) is 2. The monoisotopic (exact) mass is 281 g/mol. The van der Waals surface area contributed by atoms with Gasteiger partial charge in [-0.25, -0.2) is 8.78 Å². The Hall–Kier alpha value is -2.49. The number of benzene rings is 1. The number of nitrogens with zero attached hydrogens (tertiary/aromatic N) is 1. The van der Waals surface area contributed by atoms with Gasteiger partial charge in [0.25, 0.3) is 5.91 Å². The molecule has 2 atom stereocenters. The molecule has 0 saturated heterocycles. The van der Waals surface area contributed by atoms with E-state index in [1.165, 1.54) is 0 Å². The van der Waals surface area contributed by atoms with E-state index >= 15 is 0 Å². The lowest BCUT2D eigenvalue weighted by molar-refractivity contribution is -0.120. The van der Waals surface area contributed by atoms with E-state index in [-0.39, 0.29) is 12.0 Å². The first-order chi connectivity index (χ1) is 9.35. The van der Waals surface area contributed by atoms with Gasteiger partial charge in [0.05, 0.1) is 6.07 Å². The van der Waals surface area contributed by atoms with Crippen LogP contribution in [0.2, 0.25) is 0 Å². The summed E-state index contributed by atoms with van der Waals surface area (Å²) in [6.45, 7) is 1.56. The maximum atomic E-state index is 13.0. The van der Waals surface area contributed by atoms with Crippen molar-refractivity contribution in [3.05, 3.63) is 35.4 Å². The van der Waals surface area contributed by atoms with Crippen LogP contribution in [0.3, 0.4) is 0 Å². The molecule has 0 aromatic heterocycles. The van der Waals surface area contributed by atoms with Gasteiger partial charge in [-0.3, -0.25) is 9.59 Å². The van der Waals surface area contributed by atoms with Crippen molar-refractivity contribution in [2.45, 2.75) is 19.4 Å². The molecule has 0 aliphatic heterocycles. The van der Waals surface area contributed by atoms with Gasteiger partial charge in [-0.2, -0.15) is 5.26 Å². The van der Waals surface area contributed by atoms with E-state index in [9.17, 15) is 18.4 Å². The maximum Gasteiger partial charge on any atom is 0.252 e. The van der Waals surface area contributed by atoms with Gasteiger partial charge in [0.2, 0.25) is 5.91 Å². The average Bonchev–Trinajstić information content (AvgIpc) is 2.34. The number of rotatable bonds is 5. The summed E-state index contributed by atoms with van der Waals surface area (Å²) in [5.74, 6) is -3.98. The Kier molecular flexibility index (Phi) is 5.15. The van der Waals surface area contributed by atoms with E-state index in [1.807, 2.05) is 6.07 Å². The van der Waals surface area contributed by atoms with Crippen LogP contribution < -0.4 is 11.1 Å². The van der Waals surface area contributed by atoms with Gasteiger partial charge >= 0.3 is 0 Å². The molecule has 1 aromatic carbocycles. The zero-order valence-electron chi connectivity index (χ0n) is 10.7. The normalized spacial score (nSPS) is 13.1. The Balaban J connectivity index is 2.91. The van der Waals surface area contributed by atoms with Crippen molar-refractivity contribution in [2.24, 2.45) is 11.7 Å². The molecule has 0 radical (unpaired) electrons. The summed E-state index contributed by atoms with van der Waals surface area (Å²) in [5.41, 5.74) is 4.88.